The number of hydrogen-bond donors (Lipinski definition) is 1. The first kappa shape index (κ1) is 12.9. The zero-order valence-corrected chi connectivity index (χ0v) is 9.98. The monoisotopic (exact) mass is 294 g/mol. The number of carboxylic acids is 1. The minimum Gasteiger partial charge on any atom is -0.495 e. The smallest absolute Gasteiger partial charge is 0.303 e. The van der Waals surface area contributed by atoms with Gasteiger partial charge in [0.1, 0.15) is 5.75 Å². The second kappa shape index (κ2) is 5.25. The molecular weight excluding hydrogens is 286 g/mol. The maximum Gasteiger partial charge on any atom is 0.303 e. The van der Waals surface area contributed by atoms with E-state index < -0.39 is 17.6 Å². The van der Waals surface area contributed by atoms with Gasteiger partial charge in [-0.05, 0) is 28.4 Å². The van der Waals surface area contributed by atoms with Gasteiger partial charge in [0.05, 0.1) is 11.6 Å². The Bertz CT molecular complexity index is 421. The van der Waals surface area contributed by atoms with Crippen LogP contribution in [0, 0.1) is 11.6 Å². The molecule has 0 bridgehead atoms. The summed E-state index contributed by atoms with van der Waals surface area (Å²) < 4.78 is 31.6. The molecule has 0 aliphatic carbocycles. The van der Waals surface area contributed by atoms with E-state index in [1.54, 1.807) is 0 Å². The van der Waals surface area contributed by atoms with E-state index in [1.807, 2.05) is 0 Å². The second-order valence-electron chi connectivity index (χ2n) is 3.06. The fourth-order valence-electron chi connectivity index (χ4n) is 1.30. The predicted octanol–water partition coefficient (Wildman–Crippen LogP) is 2.75. The number of hydrogen-bond acceptors (Lipinski definition) is 2. The topological polar surface area (TPSA) is 46.5 Å². The Hall–Kier alpha value is -1.17. The summed E-state index contributed by atoms with van der Waals surface area (Å²) >= 11 is 3.02. The van der Waals surface area contributed by atoms with Gasteiger partial charge in [-0.2, -0.15) is 0 Å². The summed E-state index contributed by atoms with van der Waals surface area (Å²) in [6, 6.07) is 0.943. The molecule has 1 N–H and O–H groups in total. The second-order valence-corrected chi connectivity index (χ2v) is 3.91. The minimum absolute atomic E-state index is 0.0724. The molecule has 88 valence electrons. The van der Waals surface area contributed by atoms with Crippen molar-refractivity contribution in [2.45, 2.75) is 12.8 Å². The van der Waals surface area contributed by atoms with Crippen LogP contribution in [0.3, 0.4) is 0 Å². The average Bonchev–Trinajstić information content (AvgIpc) is 2.20. The van der Waals surface area contributed by atoms with E-state index in [2.05, 4.69) is 15.9 Å². The standard InChI is InChI=1S/C10H9BrF2O3/c1-16-10-5(2-3-8(14)15)9(13)7(12)4-6(10)11/h4H,2-3H2,1H3,(H,14,15). The molecule has 0 fully saturated rings. The molecule has 3 nitrogen and oxygen atoms in total. The lowest BCUT2D eigenvalue weighted by atomic mass is 10.1. The van der Waals surface area contributed by atoms with Crippen LogP contribution in [0.2, 0.25) is 0 Å². The first-order chi connectivity index (χ1) is 7.47. The molecule has 6 heteroatoms. The first-order valence-electron chi connectivity index (χ1n) is 4.39. The summed E-state index contributed by atoms with van der Waals surface area (Å²) in [6.45, 7) is 0. The highest BCUT2D eigenvalue weighted by molar-refractivity contribution is 9.10. The molecule has 0 atom stereocenters. The van der Waals surface area contributed by atoms with Crippen molar-refractivity contribution >= 4 is 21.9 Å². The van der Waals surface area contributed by atoms with Crippen molar-refractivity contribution < 1.29 is 23.4 Å². The van der Waals surface area contributed by atoms with Crippen LogP contribution in [0.15, 0.2) is 10.5 Å². The number of carbonyl (C=O) groups is 1. The maximum absolute atomic E-state index is 13.4. The van der Waals surface area contributed by atoms with Crippen molar-refractivity contribution in [1.29, 1.82) is 0 Å². The molecular formula is C10H9BrF2O3. The Morgan fingerprint density at radius 1 is 1.56 bits per heavy atom. The summed E-state index contributed by atoms with van der Waals surface area (Å²) in [7, 11) is 1.31. The van der Waals surface area contributed by atoms with Crippen molar-refractivity contribution in [3.63, 3.8) is 0 Å². The first-order valence-corrected chi connectivity index (χ1v) is 5.18. The van der Waals surface area contributed by atoms with Crippen molar-refractivity contribution in [1.82, 2.24) is 0 Å². The van der Waals surface area contributed by atoms with Gasteiger partial charge >= 0.3 is 5.97 Å². The number of methoxy groups -OCH3 is 1. The third-order valence-electron chi connectivity index (χ3n) is 2.01. The van der Waals surface area contributed by atoms with E-state index in [1.165, 1.54) is 7.11 Å². The molecule has 0 aromatic heterocycles. The van der Waals surface area contributed by atoms with Crippen molar-refractivity contribution in [2.24, 2.45) is 0 Å². The normalized spacial score (nSPS) is 10.2. The van der Waals surface area contributed by atoms with Crippen molar-refractivity contribution in [3.8, 4) is 5.75 Å². The Balaban J connectivity index is 3.17. The molecule has 0 spiro atoms. The van der Waals surface area contributed by atoms with E-state index in [4.69, 9.17) is 9.84 Å². The van der Waals surface area contributed by atoms with Gasteiger partial charge in [-0.3, -0.25) is 4.79 Å². The molecule has 0 radical (unpaired) electrons. The van der Waals surface area contributed by atoms with Crippen LogP contribution in [0.1, 0.15) is 12.0 Å². The number of aliphatic carboxylic acids is 1. The SMILES string of the molecule is COc1c(Br)cc(F)c(F)c1CCC(=O)O. The Morgan fingerprint density at radius 2 is 2.19 bits per heavy atom. The predicted molar refractivity (Wildman–Crippen MR) is 56.6 cm³/mol. The van der Waals surface area contributed by atoms with E-state index in [0.29, 0.717) is 0 Å². The lowest BCUT2D eigenvalue weighted by Gasteiger charge is -2.11. The third kappa shape index (κ3) is 2.69. The van der Waals surface area contributed by atoms with Crippen molar-refractivity contribution in [2.75, 3.05) is 7.11 Å². The van der Waals surface area contributed by atoms with Crippen LogP contribution < -0.4 is 4.74 Å². The van der Waals surface area contributed by atoms with Gasteiger partial charge in [0, 0.05) is 12.0 Å². The number of benzene rings is 1. The molecule has 0 heterocycles. The maximum atomic E-state index is 13.4. The molecule has 16 heavy (non-hydrogen) atoms. The van der Waals surface area contributed by atoms with Crippen LogP contribution in [-0.4, -0.2) is 18.2 Å². The van der Waals surface area contributed by atoms with Crippen LogP contribution in [0.25, 0.3) is 0 Å². The zero-order valence-electron chi connectivity index (χ0n) is 8.39. The Morgan fingerprint density at radius 3 is 2.69 bits per heavy atom. The molecule has 0 aliphatic heterocycles. The van der Waals surface area contributed by atoms with Crippen LogP contribution >= 0.6 is 15.9 Å². The summed E-state index contributed by atoms with van der Waals surface area (Å²) in [5, 5.41) is 8.50. The Kier molecular flexibility index (Phi) is 4.23. The van der Waals surface area contributed by atoms with Crippen LogP contribution in [-0.2, 0) is 11.2 Å². The van der Waals surface area contributed by atoms with Gasteiger partial charge in [0.2, 0.25) is 0 Å². The summed E-state index contributed by atoms with van der Waals surface area (Å²) in [5.74, 6) is -3.06. The fraction of sp³-hybridized carbons (Fsp3) is 0.300. The van der Waals surface area contributed by atoms with Crippen LogP contribution in [0.4, 0.5) is 8.78 Å². The highest BCUT2D eigenvalue weighted by Gasteiger charge is 2.18. The largest absolute Gasteiger partial charge is 0.495 e. The van der Waals surface area contributed by atoms with Crippen LogP contribution in [0.5, 0.6) is 5.75 Å². The molecule has 0 saturated heterocycles. The zero-order chi connectivity index (χ0) is 12.3. The Labute approximate surface area is 99.2 Å². The molecule has 0 amide bonds. The number of rotatable bonds is 4. The lowest BCUT2D eigenvalue weighted by molar-refractivity contribution is -0.136. The summed E-state index contributed by atoms with van der Waals surface area (Å²) in [5.41, 5.74) is -0.0724. The van der Waals surface area contributed by atoms with E-state index in [0.717, 1.165) is 6.07 Å². The van der Waals surface area contributed by atoms with Gasteiger partial charge < -0.3 is 9.84 Å². The minimum atomic E-state index is -1.08. The molecule has 1 aromatic carbocycles. The number of carboxylic acid groups (broad SMARTS) is 1. The van der Waals surface area contributed by atoms with Gasteiger partial charge in [-0.15, -0.1) is 0 Å². The number of halogens is 3. The molecule has 1 aromatic rings. The fourth-order valence-corrected chi connectivity index (χ4v) is 1.91. The van der Waals surface area contributed by atoms with Gasteiger partial charge in [-0.1, -0.05) is 0 Å². The molecule has 0 unspecified atom stereocenters. The van der Waals surface area contributed by atoms with Gasteiger partial charge in [0.25, 0.3) is 0 Å². The quantitative estimate of drug-likeness (QED) is 0.869. The van der Waals surface area contributed by atoms with Gasteiger partial charge in [-0.25, -0.2) is 8.78 Å². The van der Waals surface area contributed by atoms with E-state index in [-0.39, 0.29) is 28.6 Å². The summed E-state index contributed by atoms with van der Waals surface area (Å²) in [6.07, 6.45) is -0.413. The number of ether oxygens (including phenoxy) is 1. The highest BCUT2D eigenvalue weighted by Crippen LogP contribution is 2.33. The lowest BCUT2D eigenvalue weighted by Crippen LogP contribution is -2.04. The van der Waals surface area contributed by atoms with Gasteiger partial charge in [0.15, 0.2) is 11.6 Å². The molecule has 1 rings (SSSR count). The average molecular weight is 295 g/mol. The molecule has 0 aliphatic rings. The third-order valence-corrected chi connectivity index (χ3v) is 2.60. The van der Waals surface area contributed by atoms with E-state index in [9.17, 15) is 13.6 Å². The highest BCUT2D eigenvalue weighted by atomic mass is 79.9. The van der Waals surface area contributed by atoms with Crippen molar-refractivity contribution in [3.05, 3.63) is 27.7 Å². The summed E-state index contributed by atoms with van der Waals surface area (Å²) in [4.78, 5) is 10.4. The molecule has 0 saturated carbocycles. The van der Waals surface area contributed by atoms with E-state index >= 15 is 0 Å².